The number of rotatable bonds is 3. The number of anilines is 1. The van der Waals surface area contributed by atoms with Gasteiger partial charge in [-0.1, -0.05) is 18.2 Å². The Bertz CT molecular complexity index is 913. The molecule has 2 aliphatic heterocycles. The van der Waals surface area contributed by atoms with Crippen LogP contribution in [0.2, 0.25) is 0 Å². The highest BCUT2D eigenvalue weighted by atomic mass is 32.2. The molecule has 5 nitrogen and oxygen atoms in total. The van der Waals surface area contributed by atoms with Crippen molar-refractivity contribution in [2.24, 2.45) is 5.41 Å². The maximum absolute atomic E-state index is 13.1. The first-order valence-electron chi connectivity index (χ1n) is 8.86. The number of amides is 1. The number of hydrogen-bond donors (Lipinski definition) is 0. The van der Waals surface area contributed by atoms with Crippen molar-refractivity contribution in [3.05, 3.63) is 47.3 Å². The highest BCUT2D eigenvalue weighted by Crippen LogP contribution is 2.44. The van der Waals surface area contributed by atoms with Crippen LogP contribution in [-0.4, -0.2) is 38.3 Å². The summed E-state index contributed by atoms with van der Waals surface area (Å²) in [5.41, 5.74) is 0.520. The lowest BCUT2D eigenvalue weighted by molar-refractivity contribution is -0.127. The molecule has 138 valence electrons. The van der Waals surface area contributed by atoms with Crippen LogP contribution in [-0.2, 0) is 14.8 Å². The quantitative estimate of drug-likeness (QED) is 0.808. The topological polar surface area (TPSA) is 57.7 Å². The molecular weight excluding hydrogens is 368 g/mol. The van der Waals surface area contributed by atoms with E-state index >= 15 is 0 Å². The summed E-state index contributed by atoms with van der Waals surface area (Å²) >= 11 is 1.31. The summed E-state index contributed by atoms with van der Waals surface area (Å²) in [6, 6.07) is 13.2. The molecule has 0 saturated carbocycles. The molecule has 2 fully saturated rings. The van der Waals surface area contributed by atoms with Gasteiger partial charge in [-0.25, -0.2) is 8.42 Å². The van der Waals surface area contributed by atoms with Crippen LogP contribution in [0.1, 0.15) is 24.1 Å². The molecule has 2 saturated heterocycles. The second-order valence-corrected chi connectivity index (χ2v) is 10.5. The third-order valence-electron chi connectivity index (χ3n) is 5.57. The first-order valence-corrected chi connectivity index (χ1v) is 11.1. The third kappa shape index (κ3) is 2.88. The molecule has 0 bridgehead atoms. The number of nitrogens with zero attached hydrogens (tertiary/aromatic N) is 2. The molecule has 2 aliphatic rings. The summed E-state index contributed by atoms with van der Waals surface area (Å²) in [5.74, 6) is 0.146. The van der Waals surface area contributed by atoms with Crippen LogP contribution in [0.15, 0.2) is 46.7 Å². The molecule has 0 N–H and O–H groups in total. The number of carbonyl (C=O) groups excluding carboxylic acids is 1. The van der Waals surface area contributed by atoms with Crippen molar-refractivity contribution in [2.75, 3.05) is 24.5 Å². The molecule has 4 rings (SSSR count). The molecule has 7 heteroatoms. The van der Waals surface area contributed by atoms with Crippen molar-refractivity contribution in [3.8, 4) is 0 Å². The molecular formula is C19H22N2O3S2. The van der Waals surface area contributed by atoms with Crippen molar-refractivity contribution in [2.45, 2.75) is 30.4 Å². The van der Waals surface area contributed by atoms with Crippen LogP contribution in [0.25, 0.3) is 0 Å². The fraction of sp³-hybridized carbons (Fsp3) is 0.421. The maximum Gasteiger partial charge on any atom is 0.252 e. The van der Waals surface area contributed by atoms with E-state index in [1.54, 1.807) is 10.4 Å². The summed E-state index contributed by atoms with van der Waals surface area (Å²) in [6.45, 7) is 3.44. The minimum Gasteiger partial charge on any atom is -0.312 e. The van der Waals surface area contributed by atoms with E-state index in [1.165, 1.54) is 11.3 Å². The zero-order valence-corrected chi connectivity index (χ0v) is 16.4. The monoisotopic (exact) mass is 390 g/mol. The predicted molar refractivity (Wildman–Crippen MR) is 103 cm³/mol. The number of thiophene rings is 1. The smallest absolute Gasteiger partial charge is 0.252 e. The van der Waals surface area contributed by atoms with Gasteiger partial charge in [-0.2, -0.15) is 4.31 Å². The zero-order valence-electron chi connectivity index (χ0n) is 14.7. The first-order chi connectivity index (χ1) is 12.4. The van der Waals surface area contributed by atoms with Gasteiger partial charge in [-0.15, -0.1) is 11.3 Å². The van der Waals surface area contributed by atoms with E-state index in [1.807, 2.05) is 48.2 Å². The van der Waals surface area contributed by atoms with Crippen molar-refractivity contribution in [3.63, 3.8) is 0 Å². The number of sulfonamides is 1. The highest BCUT2D eigenvalue weighted by Gasteiger charge is 2.49. The van der Waals surface area contributed by atoms with Gasteiger partial charge in [-0.05, 0) is 50.5 Å². The van der Waals surface area contributed by atoms with Gasteiger partial charge in [0.1, 0.15) is 4.21 Å². The van der Waals surface area contributed by atoms with E-state index in [4.69, 9.17) is 0 Å². The number of benzene rings is 1. The van der Waals surface area contributed by atoms with Gasteiger partial charge in [0, 0.05) is 30.2 Å². The molecule has 1 amide bonds. The van der Waals surface area contributed by atoms with Gasteiger partial charge in [0.15, 0.2) is 0 Å². The maximum atomic E-state index is 13.1. The fourth-order valence-corrected chi connectivity index (χ4v) is 6.85. The van der Waals surface area contributed by atoms with Gasteiger partial charge < -0.3 is 4.90 Å². The van der Waals surface area contributed by atoms with Crippen LogP contribution >= 0.6 is 11.3 Å². The van der Waals surface area contributed by atoms with Gasteiger partial charge >= 0.3 is 0 Å². The zero-order chi connectivity index (χ0) is 18.4. The Labute approximate surface area is 158 Å². The lowest BCUT2D eigenvalue weighted by Gasteiger charge is -2.37. The molecule has 1 spiro atoms. The molecule has 1 aromatic carbocycles. The highest BCUT2D eigenvalue weighted by molar-refractivity contribution is 7.91. The van der Waals surface area contributed by atoms with Gasteiger partial charge in [0.05, 0.1) is 5.41 Å². The van der Waals surface area contributed by atoms with Crippen molar-refractivity contribution < 1.29 is 13.2 Å². The second-order valence-electron chi connectivity index (χ2n) is 7.09. The lowest BCUT2D eigenvalue weighted by Crippen LogP contribution is -2.46. The Morgan fingerprint density at radius 3 is 2.23 bits per heavy atom. The molecule has 3 heterocycles. The van der Waals surface area contributed by atoms with Crippen molar-refractivity contribution >= 4 is 33.0 Å². The molecule has 0 radical (unpaired) electrons. The first kappa shape index (κ1) is 17.7. The molecule has 0 unspecified atom stereocenters. The summed E-state index contributed by atoms with van der Waals surface area (Å²) in [6.07, 6.45) is 1.99. The summed E-state index contributed by atoms with van der Waals surface area (Å²) in [4.78, 5) is 15.9. The lowest BCUT2D eigenvalue weighted by atomic mass is 9.77. The number of aryl methyl sites for hydroxylation is 1. The number of carbonyl (C=O) groups is 1. The van der Waals surface area contributed by atoms with Gasteiger partial charge in [0.25, 0.3) is 10.0 Å². The van der Waals surface area contributed by atoms with Crippen molar-refractivity contribution in [1.29, 1.82) is 0 Å². The standard InChI is InChI=1S/C19H22N2O3S2/c1-15-7-8-17(25-15)26(23,24)20-12-9-19(10-13-20)11-14-21(18(19)22)16-5-3-2-4-6-16/h2-8H,9-14H2,1H3. The van der Waals surface area contributed by atoms with Gasteiger partial charge in [0.2, 0.25) is 5.91 Å². The predicted octanol–water partition coefficient (Wildman–Crippen LogP) is 3.26. The van der Waals surface area contributed by atoms with Crippen LogP contribution < -0.4 is 4.90 Å². The van der Waals surface area contributed by atoms with E-state index in [-0.39, 0.29) is 5.91 Å². The van der Waals surface area contributed by atoms with Crippen LogP contribution in [0.4, 0.5) is 5.69 Å². The van der Waals surface area contributed by atoms with Gasteiger partial charge in [-0.3, -0.25) is 4.79 Å². The Balaban J connectivity index is 1.49. The minimum atomic E-state index is -3.44. The molecule has 2 aromatic rings. The Morgan fingerprint density at radius 2 is 1.62 bits per heavy atom. The second kappa shape index (κ2) is 6.48. The normalized spacial score (nSPS) is 20.8. The van der Waals surface area contributed by atoms with Crippen LogP contribution in [0.3, 0.4) is 0 Å². The SMILES string of the molecule is Cc1ccc(S(=O)(=O)N2CCC3(CCN(c4ccccc4)C3=O)CC2)s1. The van der Waals surface area contributed by atoms with E-state index in [2.05, 4.69) is 0 Å². The molecule has 26 heavy (non-hydrogen) atoms. The summed E-state index contributed by atoms with van der Waals surface area (Å²) in [5, 5.41) is 0. The molecule has 0 aliphatic carbocycles. The average molecular weight is 391 g/mol. The van der Waals surface area contributed by atoms with Crippen LogP contribution in [0.5, 0.6) is 0 Å². The summed E-state index contributed by atoms with van der Waals surface area (Å²) in [7, 11) is -3.44. The Kier molecular flexibility index (Phi) is 4.41. The number of hydrogen-bond acceptors (Lipinski definition) is 4. The van der Waals surface area contributed by atoms with Crippen LogP contribution in [0, 0.1) is 12.3 Å². The molecule has 0 atom stereocenters. The Morgan fingerprint density at radius 1 is 0.962 bits per heavy atom. The van der Waals surface area contributed by atoms with E-state index in [0.717, 1.165) is 17.0 Å². The third-order valence-corrected chi connectivity index (χ3v) is 8.94. The minimum absolute atomic E-state index is 0.146. The average Bonchev–Trinajstić information content (AvgIpc) is 3.22. The van der Waals surface area contributed by atoms with Crippen molar-refractivity contribution in [1.82, 2.24) is 4.31 Å². The number of para-hydroxylation sites is 1. The number of piperidine rings is 1. The summed E-state index contributed by atoms with van der Waals surface area (Å²) < 4.78 is 27.6. The van der Waals surface area contributed by atoms with E-state index in [0.29, 0.717) is 36.7 Å². The Hall–Kier alpha value is -1.70. The van der Waals surface area contributed by atoms with E-state index in [9.17, 15) is 13.2 Å². The fourth-order valence-electron chi connectivity index (χ4n) is 3.97. The van der Waals surface area contributed by atoms with E-state index < -0.39 is 15.4 Å². The molecule has 1 aromatic heterocycles. The largest absolute Gasteiger partial charge is 0.312 e.